The number of benzene rings is 1. The van der Waals surface area contributed by atoms with E-state index in [-0.39, 0.29) is 17.7 Å². The van der Waals surface area contributed by atoms with Crippen LogP contribution in [-0.2, 0) is 21.9 Å². The third-order valence-corrected chi connectivity index (χ3v) is 4.90. The highest BCUT2D eigenvalue weighted by atomic mass is 32.2. The first-order chi connectivity index (χ1) is 10.9. The standard InChI is InChI=1S/C15H18N4O3S/c1-11-3-5-12(6-4-11)14-9-13(22-18-14)10-16-23(20,21)15-7-8-19(2)17-15/h3-8,13,16H,9-10H2,1-2H3. The van der Waals surface area contributed by atoms with Crippen molar-refractivity contribution in [3.05, 3.63) is 47.7 Å². The Bertz CT molecular complexity index is 825. The molecule has 7 nitrogen and oxygen atoms in total. The fourth-order valence-corrected chi connectivity index (χ4v) is 3.30. The third kappa shape index (κ3) is 3.59. The Kier molecular flexibility index (Phi) is 4.18. The molecule has 2 heterocycles. The van der Waals surface area contributed by atoms with Crippen LogP contribution < -0.4 is 4.72 Å². The van der Waals surface area contributed by atoms with E-state index in [0.717, 1.165) is 11.3 Å². The van der Waals surface area contributed by atoms with Gasteiger partial charge in [0.25, 0.3) is 10.0 Å². The van der Waals surface area contributed by atoms with Crippen LogP contribution in [0.25, 0.3) is 0 Å². The second-order valence-corrected chi connectivity index (χ2v) is 7.23. The van der Waals surface area contributed by atoms with Crippen LogP contribution in [0, 0.1) is 6.92 Å². The second kappa shape index (κ2) is 6.13. The molecule has 1 unspecified atom stereocenters. The van der Waals surface area contributed by atoms with Gasteiger partial charge in [0.2, 0.25) is 0 Å². The smallest absolute Gasteiger partial charge is 0.260 e. The van der Waals surface area contributed by atoms with Crippen molar-refractivity contribution in [1.82, 2.24) is 14.5 Å². The lowest BCUT2D eigenvalue weighted by Crippen LogP contribution is -2.32. The molecule has 23 heavy (non-hydrogen) atoms. The van der Waals surface area contributed by atoms with E-state index in [2.05, 4.69) is 15.0 Å². The second-order valence-electron chi connectivity index (χ2n) is 5.52. The van der Waals surface area contributed by atoms with Crippen molar-refractivity contribution in [2.75, 3.05) is 6.54 Å². The van der Waals surface area contributed by atoms with E-state index >= 15 is 0 Å². The topological polar surface area (TPSA) is 85.6 Å². The molecule has 0 spiro atoms. The molecule has 1 atom stereocenters. The minimum Gasteiger partial charge on any atom is -0.390 e. The minimum atomic E-state index is -3.63. The van der Waals surface area contributed by atoms with Crippen LogP contribution in [0.3, 0.4) is 0 Å². The van der Waals surface area contributed by atoms with Crippen LogP contribution in [0.5, 0.6) is 0 Å². The molecule has 3 rings (SSSR count). The lowest BCUT2D eigenvalue weighted by molar-refractivity contribution is 0.0891. The summed E-state index contributed by atoms with van der Waals surface area (Å²) in [6, 6.07) is 9.44. The molecule has 1 aromatic carbocycles. The van der Waals surface area contributed by atoms with E-state index in [1.54, 1.807) is 13.2 Å². The number of sulfonamides is 1. The molecule has 0 radical (unpaired) electrons. The maximum Gasteiger partial charge on any atom is 0.260 e. The minimum absolute atomic E-state index is 0.00215. The van der Waals surface area contributed by atoms with Crippen LogP contribution >= 0.6 is 0 Å². The molecule has 1 aromatic heterocycles. The monoisotopic (exact) mass is 334 g/mol. The maximum absolute atomic E-state index is 12.1. The number of aryl methyl sites for hydroxylation is 2. The lowest BCUT2D eigenvalue weighted by atomic mass is 10.0. The van der Waals surface area contributed by atoms with Crippen molar-refractivity contribution in [1.29, 1.82) is 0 Å². The molecule has 0 saturated carbocycles. The van der Waals surface area contributed by atoms with E-state index in [1.807, 2.05) is 31.2 Å². The van der Waals surface area contributed by atoms with E-state index < -0.39 is 10.0 Å². The number of aromatic nitrogens is 2. The Morgan fingerprint density at radius 1 is 1.30 bits per heavy atom. The Labute approximate surface area is 135 Å². The zero-order chi connectivity index (χ0) is 16.4. The molecule has 0 amide bonds. The Balaban J connectivity index is 1.58. The van der Waals surface area contributed by atoms with Crippen molar-refractivity contribution < 1.29 is 13.3 Å². The van der Waals surface area contributed by atoms with Gasteiger partial charge in [-0.25, -0.2) is 13.1 Å². The Morgan fingerprint density at radius 3 is 2.70 bits per heavy atom. The molecular weight excluding hydrogens is 316 g/mol. The molecule has 2 aromatic rings. The van der Waals surface area contributed by atoms with Gasteiger partial charge in [-0.1, -0.05) is 35.0 Å². The number of nitrogens with zero attached hydrogens (tertiary/aromatic N) is 3. The van der Waals surface area contributed by atoms with E-state index in [1.165, 1.54) is 16.3 Å². The summed E-state index contributed by atoms with van der Waals surface area (Å²) in [5.74, 6) is 0. The fourth-order valence-electron chi connectivity index (χ4n) is 2.27. The lowest BCUT2D eigenvalue weighted by Gasteiger charge is -2.09. The van der Waals surface area contributed by atoms with Gasteiger partial charge in [0.15, 0.2) is 5.03 Å². The molecule has 0 fully saturated rings. The van der Waals surface area contributed by atoms with Crippen LogP contribution in [0.15, 0.2) is 46.7 Å². The van der Waals surface area contributed by atoms with Gasteiger partial charge in [-0.15, -0.1) is 0 Å². The molecule has 1 aliphatic rings. The molecule has 122 valence electrons. The van der Waals surface area contributed by atoms with Gasteiger partial charge < -0.3 is 4.84 Å². The summed E-state index contributed by atoms with van der Waals surface area (Å²) in [7, 11) is -1.96. The summed E-state index contributed by atoms with van der Waals surface area (Å²) < 4.78 is 28.2. The molecule has 0 bridgehead atoms. The maximum atomic E-state index is 12.1. The highest BCUT2D eigenvalue weighted by Crippen LogP contribution is 2.17. The molecular formula is C15H18N4O3S. The summed E-state index contributed by atoms with van der Waals surface area (Å²) in [4.78, 5) is 5.32. The number of hydrogen-bond donors (Lipinski definition) is 1. The van der Waals surface area contributed by atoms with E-state index in [4.69, 9.17) is 4.84 Å². The van der Waals surface area contributed by atoms with E-state index in [0.29, 0.717) is 6.42 Å². The van der Waals surface area contributed by atoms with Gasteiger partial charge in [0, 0.05) is 19.7 Å². The van der Waals surface area contributed by atoms with Gasteiger partial charge in [0.1, 0.15) is 6.10 Å². The van der Waals surface area contributed by atoms with Gasteiger partial charge in [-0.3, -0.25) is 4.68 Å². The zero-order valence-electron chi connectivity index (χ0n) is 12.9. The normalized spacial score (nSPS) is 17.8. The number of rotatable bonds is 5. The van der Waals surface area contributed by atoms with Crippen molar-refractivity contribution in [3.8, 4) is 0 Å². The first-order valence-electron chi connectivity index (χ1n) is 7.23. The molecule has 1 N–H and O–H groups in total. The molecule has 8 heteroatoms. The van der Waals surface area contributed by atoms with Crippen LogP contribution in [0.1, 0.15) is 17.5 Å². The average Bonchev–Trinajstić information content (AvgIpc) is 3.15. The molecule has 1 aliphatic heterocycles. The van der Waals surface area contributed by atoms with Gasteiger partial charge in [-0.05, 0) is 18.6 Å². The average molecular weight is 334 g/mol. The largest absolute Gasteiger partial charge is 0.390 e. The summed E-state index contributed by atoms with van der Waals surface area (Å²) in [6.45, 7) is 2.17. The molecule has 0 aliphatic carbocycles. The van der Waals surface area contributed by atoms with Gasteiger partial charge in [-0.2, -0.15) is 5.10 Å². The summed E-state index contributed by atoms with van der Waals surface area (Å²) in [5.41, 5.74) is 2.99. The van der Waals surface area contributed by atoms with Crippen molar-refractivity contribution in [3.63, 3.8) is 0 Å². The number of hydrogen-bond acceptors (Lipinski definition) is 5. The van der Waals surface area contributed by atoms with Crippen LogP contribution in [0.2, 0.25) is 0 Å². The SMILES string of the molecule is Cc1ccc(C2=NOC(CNS(=O)(=O)c3ccn(C)n3)C2)cc1. The van der Waals surface area contributed by atoms with Crippen LogP contribution in [-0.4, -0.2) is 36.6 Å². The Morgan fingerprint density at radius 2 is 2.04 bits per heavy atom. The van der Waals surface area contributed by atoms with E-state index in [9.17, 15) is 8.42 Å². The number of nitrogens with one attached hydrogen (secondary N) is 1. The van der Waals surface area contributed by atoms with Crippen molar-refractivity contribution in [2.45, 2.75) is 24.5 Å². The van der Waals surface area contributed by atoms with Gasteiger partial charge in [0.05, 0.1) is 12.3 Å². The summed E-state index contributed by atoms with van der Waals surface area (Å²) in [5, 5.41) is 7.95. The Hall–Kier alpha value is -2.19. The number of oxime groups is 1. The predicted octanol–water partition coefficient (Wildman–Crippen LogP) is 1.20. The zero-order valence-corrected chi connectivity index (χ0v) is 13.7. The fraction of sp³-hybridized carbons (Fsp3) is 0.333. The first kappa shape index (κ1) is 15.7. The summed E-state index contributed by atoms with van der Waals surface area (Å²) >= 11 is 0. The van der Waals surface area contributed by atoms with Crippen LogP contribution in [0.4, 0.5) is 0 Å². The summed E-state index contributed by atoms with van der Waals surface area (Å²) in [6.07, 6.45) is 1.83. The van der Waals surface area contributed by atoms with Crippen molar-refractivity contribution in [2.24, 2.45) is 12.2 Å². The third-order valence-electron chi connectivity index (χ3n) is 3.58. The van der Waals surface area contributed by atoms with Crippen molar-refractivity contribution >= 4 is 15.7 Å². The first-order valence-corrected chi connectivity index (χ1v) is 8.71. The van der Waals surface area contributed by atoms with Gasteiger partial charge >= 0.3 is 0 Å². The highest BCUT2D eigenvalue weighted by molar-refractivity contribution is 7.89. The molecule has 0 saturated heterocycles. The quantitative estimate of drug-likeness (QED) is 0.890. The highest BCUT2D eigenvalue weighted by Gasteiger charge is 2.25. The predicted molar refractivity (Wildman–Crippen MR) is 85.6 cm³/mol.